The van der Waals surface area contributed by atoms with Gasteiger partial charge in [-0.1, -0.05) is 0 Å². The highest BCUT2D eigenvalue weighted by molar-refractivity contribution is 5.94. The van der Waals surface area contributed by atoms with E-state index in [1.807, 2.05) is 0 Å². The Hall–Kier alpha value is -1.54. The molecule has 1 aliphatic rings. The van der Waals surface area contributed by atoms with Gasteiger partial charge in [0.2, 0.25) is 0 Å². The average Bonchev–Trinajstić information content (AvgIpc) is 2.31. The molecule has 1 amide bonds. The number of ether oxygens (including phenoxy) is 2. The minimum absolute atomic E-state index is 0.0266. The Labute approximate surface area is 89.1 Å². The molecule has 1 aliphatic heterocycles. The first-order chi connectivity index (χ1) is 7.29. The van der Waals surface area contributed by atoms with Crippen molar-refractivity contribution >= 4 is 5.91 Å². The molecule has 82 valence electrons. The van der Waals surface area contributed by atoms with Crippen LogP contribution in [0.3, 0.4) is 0 Å². The van der Waals surface area contributed by atoms with Crippen molar-refractivity contribution in [3.63, 3.8) is 0 Å². The van der Waals surface area contributed by atoms with Crippen LogP contribution in [0, 0.1) is 6.57 Å². The SMILES string of the molecule is [C-]#[N+]/C(=C\OCC)C(=O)N1CCOCC1. The first kappa shape index (κ1) is 11.5. The Balaban J connectivity index is 2.60. The van der Waals surface area contributed by atoms with E-state index in [4.69, 9.17) is 16.0 Å². The van der Waals surface area contributed by atoms with E-state index in [0.717, 1.165) is 0 Å². The molecule has 0 aromatic heterocycles. The molecular weight excluding hydrogens is 196 g/mol. The van der Waals surface area contributed by atoms with Crippen molar-refractivity contribution in [1.29, 1.82) is 0 Å². The highest BCUT2D eigenvalue weighted by Crippen LogP contribution is 2.06. The second-order valence-electron chi connectivity index (χ2n) is 2.97. The molecule has 0 unspecified atom stereocenters. The summed E-state index contributed by atoms with van der Waals surface area (Å²) in [5.41, 5.74) is 0.0266. The highest BCUT2D eigenvalue weighted by atomic mass is 16.5. The van der Waals surface area contributed by atoms with Gasteiger partial charge in [-0.2, -0.15) is 0 Å². The molecular formula is C10H14N2O3. The monoisotopic (exact) mass is 210 g/mol. The average molecular weight is 210 g/mol. The molecule has 15 heavy (non-hydrogen) atoms. The van der Waals surface area contributed by atoms with Crippen LogP contribution in [-0.2, 0) is 14.3 Å². The Morgan fingerprint density at radius 3 is 2.80 bits per heavy atom. The van der Waals surface area contributed by atoms with Crippen LogP contribution in [-0.4, -0.2) is 43.7 Å². The molecule has 5 heteroatoms. The van der Waals surface area contributed by atoms with Gasteiger partial charge in [0.1, 0.15) is 0 Å². The van der Waals surface area contributed by atoms with E-state index in [0.29, 0.717) is 32.9 Å². The van der Waals surface area contributed by atoms with Crippen molar-refractivity contribution in [3.8, 4) is 0 Å². The number of hydrogen-bond donors (Lipinski definition) is 0. The molecule has 0 atom stereocenters. The van der Waals surface area contributed by atoms with Crippen LogP contribution in [0.4, 0.5) is 0 Å². The van der Waals surface area contributed by atoms with E-state index in [1.165, 1.54) is 6.26 Å². The molecule has 1 fully saturated rings. The molecule has 0 aromatic carbocycles. The zero-order valence-electron chi connectivity index (χ0n) is 8.73. The molecule has 1 heterocycles. The van der Waals surface area contributed by atoms with Crippen LogP contribution in [0.15, 0.2) is 12.0 Å². The van der Waals surface area contributed by atoms with Crippen LogP contribution in [0.5, 0.6) is 0 Å². The lowest BCUT2D eigenvalue weighted by Crippen LogP contribution is -2.41. The number of hydrogen-bond acceptors (Lipinski definition) is 3. The van der Waals surface area contributed by atoms with E-state index in [2.05, 4.69) is 4.85 Å². The van der Waals surface area contributed by atoms with E-state index >= 15 is 0 Å². The summed E-state index contributed by atoms with van der Waals surface area (Å²) >= 11 is 0. The Morgan fingerprint density at radius 2 is 2.27 bits per heavy atom. The van der Waals surface area contributed by atoms with Gasteiger partial charge in [-0.15, -0.1) is 0 Å². The molecule has 1 saturated heterocycles. The predicted octanol–water partition coefficient (Wildman–Crippen LogP) is 0.642. The first-order valence-corrected chi connectivity index (χ1v) is 4.85. The van der Waals surface area contributed by atoms with Gasteiger partial charge >= 0.3 is 0 Å². The van der Waals surface area contributed by atoms with E-state index in [9.17, 15) is 4.79 Å². The van der Waals surface area contributed by atoms with Gasteiger partial charge in [0.25, 0.3) is 11.6 Å². The lowest BCUT2D eigenvalue weighted by molar-refractivity contribution is -0.130. The van der Waals surface area contributed by atoms with Crippen molar-refractivity contribution in [2.24, 2.45) is 0 Å². The molecule has 0 spiro atoms. The normalized spacial score (nSPS) is 17.1. The second-order valence-corrected chi connectivity index (χ2v) is 2.97. The summed E-state index contributed by atoms with van der Waals surface area (Å²) < 4.78 is 10.1. The van der Waals surface area contributed by atoms with Crippen molar-refractivity contribution in [1.82, 2.24) is 4.90 Å². The predicted molar refractivity (Wildman–Crippen MR) is 53.7 cm³/mol. The Kier molecular flexibility index (Phi) is 4.64. The fourth-order valence-corrected chi connectivity index (χ4v) is 1.22. The fraction of sp³-hybridized carbons (Fsp3) is 0.600. The third kappa shape index (κ3) is 3.26. The largest absolute Gasteiger partial charge is 0.512 e. The molecule has 5 nitrogen and oxygen atoms in total. The molecule has 0 bridgehead atoms. The molecule has 0 aromatic rings. The summed E-state index contributed by atoms with van der Waals surface area (Å²) in [6.45, 7) is 11.3. The maximum absolute atomic E-state index is 11.7. The lowest BCUT2D eigenvalue weighted by Gasteiger charge is -2.26. The summed E-state index contributed by atoms with van der Waals surface area (Å²) in [7, 11) is 0. The number of nitrogens with zero attached hydrogens (tertiary/aromatic N) is 2. The Morgan fingerprint density at radius 1 is 1.60 bits per heavy atom. The van der Waals surface area contributed by atoms with Gasteiger partial charge in [-0.3, -0.25) is 4.79 Å². The van der Waals surface area contributed by atoms with E-state index in [1.54, 1.807) is 11.8 Å². The minimum atomic E-state index is -0.276. The van der Waals surface area contributed by atoms with Crippen LogP contribution >= 0.6 is 0 Å². The number of morpholine rings is 1. The third-order valence-corrected chi connectivity index (χ3v) is 2.00. The van der Waals surface area contributed by atoms with Crippen molar-refractivity contribution in [2.45, 2.75) is 6.92 Å². The summed E-state index contributed by atoms with van der Waals surface area (Å²) in [6, 6.07) is 0. The van der Waals surface area contributed by atoms with Gasteiger partial charge in [-0.25, -0.2) is 4.85 Å². The van der Waals surface area contributed by atoms with Crippen LogP contribution in [0.25, 0.3) is 4.85 Å². The minimum Gasteiger partial charge on any atom is -0.512 e. The van der Waals surface area contributed by atoms with Crippen molar-refractivity contribution in [2.75, 3.05) is 32.9 Å². The molecule has 0 radical (unpaired) electrons. The van der Waals surface area contributed by atoms with Crippen molar-refractivity contribution < 1.29 is 14.3 Å². The van der Waals surface area contributed by atoms with E-state index < -0.39 is 0 Å². The van der Waals surface area contributed by atoms with Crippen LogP contribution in [0.1, 0.15) is 6.92 Å². The number of carbonyl (C=O) groups is 1. The molecule has 0 aliphatic carbocycles. The molecule has 1 rings (SSSR count). The first-order valence-electron chi connectivity index (χ1n) is 4.85. The van der Waals surface area contributed by atoms with Gasteiger partial charge in [0.15, 0.2) is 0 Å². The topological polar surface area (TPSA) is 43.1 Å². The summed E-state index contributed by atoms with van der Waals surface area (Å²) in [5, 5.41) is 0. The highest BCUT2D eigenvalue weighted by Gasteiger charge is 2.21. The fourth-order valence-electron chi connectivity index (χ4n) is 1.22. The second kappa shape index (κ2) is 6.04. The lowest BCUT2D eigenvalue weighted by atomic mass is 10.3. The summed E-state index contributed by atoms with van der Waals surface area (Å²) in [5.74, 6) is -0.276. The number of amides is 1. The van der Waals surface area contributed by atoms with Gasteiger partial charge in [-0.05, 0) is 6.92 Å². The van der Waals surface area contributed by atoms with Crippen LogP contribution < -0.4 is 0 Å². The molecule has 0 saturated carbocycles. The number of rotatable bonds is 3. The third-order valence-electron chi connectivity index (χ3n) is 2.00. The standard InChI is InChI=1S/C10H14N2O3/c1-3-14-8-9(11-2)10(13)12-4-6-15-7-5-12/h8H,3-7H2,1H3/b9-8-. The smallest absolute Gasteiger partial charge is 0.283 e. The maximum Gasteiger partial charge on any atom is 0.283 e. The number of carbonyl (C=O) groups excluding carboxylic acids is 1. The van der Waals surface area contributed by atoms with E-state index in [-0.39, 0.29) is 11.6 Å². The Bertz CT molecular complexity index is 288. The van der Waals surface area contributed by atoms with Crippen LogP contribution in [0.2, 0.25) is 0 Å². The van der Waals surface area contributed by atoms with Gasteiger partial charge in [0.05, 0.1) is 32.7 Å². The maximum atomic E-state index is 11.7. The zero-order valence-corrected chi connectivity index (χ0v) is 8.73. The van der Waals surface area contributed by atoms with Gasteiger partial charge < -0.3 is 14.4 Å². The molecule has 0 N–H and O–H groups in total. The zero-order chi connectivity index (χ0) is 11.1. The van der Waals surface area contributed by atoms with Gasteiger partial charge in [0, 0.05) is 13.1 Å². The summed E-state index contributed by atoms with van der Waals surface area (Å²) in [4.78, 5) is 16.5. The van der Waals surface area contributed by atoms with Crippen molar-refractivity contribution in [3.05, 3.63) is 23.4 Å². The summed E-state index contributed by atoms with van der Waals surface area (Å²) in [6.07, 6.45) is 1.23. The quantitative estimate of drug-likeness (QED) is 0.390.